The summed E-state index contributed by atoms with van der Waals surface area (Å²) in [5.74, 6) is 1.48. The minimum Gasteiger partial charge on any atom is -0.393 e. The third kappa shape index (κ3) is 4.99. The van der Waals surface area contributed by atoms with Crippen LogP contribution in [0.15, 0.2) is 6.20 Å². The van der Waals surface area contributed by atoms with E-state index in [4.69, 9.17) is 0 Å². The Morgan fingerprint density at radius 1 is 1.35 bits per heavy atom. The van der Waals surface area contributed by atoms with E-state index in [1.807, 2.05) is 6.92 Å². The van der Waals surface area contributed by atoms with E-state index in [2.05, 4.69) is 27.5 Å². The van der Waals surface area contributed by atoms with Crippen molar-refractivity contribution in [1.82, 2.24) is 9.97 Å². The molecule has 0 spiro atoms. The summed E-state index contributed by atoms with van der Waals surface area (Å²) in [5, 5.41) is 15.5. The van der Waals surface area contributed by atoms with Gasteiger partial charge in [-0.2, -0.15) is 4.98 Å². The van der Waals surface area contributed by atoms with Gasteiger partial charge >= 0.3 is 0 Å². The lowest BCUT2D eigenvalue weighted by Gasteiger charge is -2.11. The van der Waals surface area contributed by atoms with Gasteiger partial charge in [0, 0.05) is 24.8 Å². The lowest BCUT2D eigenvalue weighted by molar-refractivity contribution is 0.188. The maximum Gasteiger partial charge on any atom is 0.224 e. The highest BCUT2D eigenvalue weighted by Crippen LogP contribution is 2.12. The summed E-state index contributed by atoms with van der Waals surface area (Å²) in [7, 11) is 0. The van der Waals surface area contributed by atoms with Crippen LogP contribution in [0, 0.1) is 6.92 Å². The molecular formula is C12H22N4O. The van der Waals surface area contributed by atoms with Crippen LogP contribution >= 0.6 is 0 Å². The number of hydrogen-bond acceptors (Lipinski definition) is 5. The fourth-order valence-corrected chi connectivity index (χ4v) is 1.34. The first-order valence-corrected chi connectivity index (χ1v) is 6.13. The van der Waals surface area contributed by atoms with Crippen LogP contribution in [0.25, 0.3) is 0 Å². The van der Waals surface area contributed by atoms with E-state index in [-0.39, 0.29) is 6.10 Å². The second kappa shape index (κ2) is 7.06. The van der Waals surface area contributed by atoms with Gasteiger partial charge in [0.1, 0.15) is 5.82 Å². The van der Waals surface area contributed by atoms with Crippen molar-refractivity contribution in [3.63, 3.8) is 0 Å². The Hall–Kier alpha value is -1.36. The number of aromatic nitrogens is 2. The van der Waals surface area contributed by atoms with Gasteiger partial charge in [-0.25, -0.2) is 4.98 Å². The van der Waals surface area contributed by atoms with Crippen LogP contribution in [0.4, 0.5) is 11.8 Å². The zero-order valence-electron chi connectivity index (χ0n) is 10.8. The van der Waals surface area contributed by atoms with Crippen molar-refractivity contribution in [2.24, 2.45) is 0 Å². The molecule has 1 atom stereocenters. The summed E-state index contributed by atoms with van der Waals surface area (Å²) in [6.07, 6.45) is 3.26. The Labute approximate surface area is 103 Å². The first-order chi connectivity index (χ1) is 8.13. The predicted molar refractivity (Wildman–Crippen MR) is 70.3 cm³/mol. The standard InChI is InChI=1S/C12H22N4O/c1-4-6-14-12-15-8-9(2)11(16-12)13-7-5-10(3)17/h8,10,17H,4-7H2,1-3H3,(H2,13,14,15,16). The molecule has 0 radical (unpaired) electrons. The van der Waals surface area contributed by atoms with Crippen LogP contribution in [-0.4, -0.2) is 34.3 Å². The molecule has 96 valence electrons. The van der Waals surface area contributed by atoms with Crippen LogP contribution in [0.5, 0.6) is 0 Å². The summed E-state index contributed by atoms with van der Waals surface area (Å²) in [6, 6.07) is 0. The van der Waals surface area contributed by atoms with Crippen molar-refractivity contribution in [2.75, 3.05) is 23.7 Å². The Kier molecular flexibility index (Phi) is 5.69. The van der Waals surface area contributed by atoms with Crippen molar-refractivity contribution in [2.45, 2.75) is 39.7 Å². The highest BCUT2D eigenvalue weighted by atomic mass is 16.3. The molecule has 5 nitrogen and oxygen atoms in total. The molecule has 1 rings (SSSR count). The molecule has 0 fully saturated rings. The first-order valence-electron chi connectivity index (χ1n) is 6.13. The zero-order chi connectivity index (χ0) is 12.7. The fourth-order valence-electron chi connectivity index (χ4n) is 1.34. The average Bonchev–Trinajstić information content (AvgIpc) is 2.29. The molecule has 0 amide bonds. The molecule has 0 aliphatic rings. The van der Waals surface area contributed by atoms with Gasteiger partial charge in [0.05, 0.1) is 6.10 Å². The Bertz CT molecular complexity index is 341. The van der Waals surface area contributed by atoms with Gasteiger partial charge in [0.15, 0.2) is 0 Å². The van der Waals surface area contributed by atoms with Gasteiger partial charge in [-0.15, -0.1) is 0 Å². The smallest absolute Gasteiger partial charge is 0.224 e. The quantitative estimate of drug-likeness (QED) is 0.675. The zero-order valence-corrected chi connectivity index (χ0v) is 10.8. The SMILES string of the molecule is CCCNc1ncc(C)c(NCCC(C)O)n1. The molecule has 0 aromatic carbocycles. The van der Waals surface area contributed by atoms with Crippen LogP contribution in [-0.2, 0) is 0 Å². The molecule has 0 aliphatic carbocycles. The van der Waals surface area contributed by atoms with Crippen molar-refractivity contribution in [3.05, 3.63) is 11.8 Å². The molecule has 1 aromatic heterocycles. The Morgan fingerprint density at radius 3 is 2.76 bits per heavy atom. The third-order valence-corrected chi connectivity index (χ3v) is 2.36. The molecule has 5 heteroatoms. The molecule has 1 unspecified atom stereocenters. The largest absolute Gasteiger partial charge is 0.393 e. The second-order valence-electron chi connectivity index (χ2n) is 4.22. The van der Waals surface area contributed by atoms with Gasteiger partial charge in [0.2, 0.25) is 5.95 Å². The van der Waals surface area contributed by atoms with E-state index in [0.717, 1.165) is 24.3 Å². The molecule has 0 saturated carbocycles. The summed E-state index contributed by atoms with van der Waals surface area (Å²) >= 11 is 0. The molecular weight excluding hydrogens is 216 g/mol. The topological polar surface area (TPSA) is 70.1 Å². The fraction of sp³-hybridized carbons (Fsp3) is 0.667. The number of anilines is 2. The van der Waals surface area contributed by atoms with E-state index in [0.29, 0.717) is 18.9 Å². The van der Waals surface area contributed by atoms with Gasteiger partial charge in [-0.1, -0.05) is 6.92 Å². The van der Waals surface area contributed by atoms with Crippen LogP contribution in [0.1, 0.15) is 32.3 Å². The van der Waals surface area contributed by atoms with Gasteiger partial charge in [0.25, 0.3) is 0 Å². The number of nitrogens with one attached hydrogen (secondary N) is 2. The van der Waals surface area contributed by atoms with Gasteiger partial charge < -0.3 is 15.7 Å². The summed E-state index contributed by atoms with van der Waals surface area (Å²) in [5.41, 5.74) is 1.01. The summed E-state index contributed by atoms with van der Waals surface area (Å²) in [6.45, 7) is 7.43. The molecule has 17 heavy (non-hydrogen) atoms. The lowest BCUT2D eigenvalue weighted by atomic mass is 10.3. The molecule has 1 aromatic rings. The number of nitrogens with zero attached hydrogens (tertiary/aromatic N) is 2. The Balaban J connectivity index is 2.56. The number of aliphatic hydroxyl groups is 1. The lowest BCUT2D eigenvalue weighted by Crippen LogP contribution is -2.13. The highest BCUT2D eigenvalue weighted by Gasteiger charge is 2.03. The van der Waals surface area contributed by atoms with Crippen molar-refractivity contribution < 1.29 is 5.11 Å². The number of hydrogen-bond donors (Lipinski definition) is 3. The summed E-state index contributed by atoms with van der Waals surface area (Å²) < 4.78 is 0. The maximum atomic E-state index is 9.19. The molecule has 0 saturated heterocycles. The number of aliphatic hydroxyl groups excluding tert-OH is 1. The minimum atomic E-state index is -0.290. The third-order valence-electron chi connectivity index (χ3n) is 2.36. The average molecular weight is 238 g/mol. The predicted octanol–water partition coefficient (Wildman–Crippen LogP) is 1.79. The van der Waals surface area contributed by atoms with E-state index in [1.54, 1.807) is 13.1 Å². The minimum absolute atomic E-state index is 0.290. The van der Waals surface area contributed by atoms with E-state index in [9.17, 15) is 5.11 Å². The van der Waals surface area contributed by atoms with Gasteiger partial charge in [-0.3, -0.25) is 0 Å². The van der Waals surface area contributed by atoms with Crippen molar-refractivity contribution >= 4 is 11.8 Å². The second-order valence-corrected chi connectivity index (χ2v) is 4.22. The Morgan fingerprint density at radius 2 is 2.12 bits per heavy atom. The monoisotopic (exact) mass is 238 g/mol. The number of aryl methyl sites for hydroxylation is 1. The number of rotatable bonds is 7. The van der Waals surface area contributed by atoms with E-state index in [1.165, 1.54) is 0 Å². The van der Waals surface area contributed by atoms with Crippen LogP contribution < -0.4 is 10.6 Å². The maximum absolute atomic E-state index is 9.19. The first kappa shape index (κ1) is 13.7. The summed E-state index contributed by atoms with van der Waals surface area (Å²) in [4.78, 5) is 8.60. The molecule has 1 heterocycles. The van der Waals surface area contributed by atoms with E-state index >= 15 is 0 Å². The van der Waals surface area contributed by atoms with Gasteiger partial charge in [-0.05, 0) is 26.7 Å². The molecule has 0 bridgehead atoms. The van der Waals surface area contributed by atoms with E-state index < -0.39 is 0 Å². The highest BCUT2D eigenvalue weighted by molar-refractivity contribution is 5.46. The molecule has 3 N–H and O–H groups in total. The van der Waals surface area contributed by atoms with Crippen LogP contribution in [0.3, 0.4) is 0 Å². The van der Waals surface area contributed by atoms with Crippen molar-refractivity contribution in [1.29, 1.82) is 0 Å². The van der Waals surface area contributed by atoms with Crippen LogP contribution in [0.2, 0.25) is 0 Å². The van der Waals surface area contributed by atoms with Crippen molar-refractivity contribution in [3.8, 4) is 0 Å². The normalized spacial score (nSPS) is 12.2. The molecule has 0 aliphatic heterocycles.